The summed E-state index contributed by atoms with van der Waals surface area (Å²) in [4.78, 5) is 36.1. The van der Waals surface area contributed by atoms with Crippen LogP contribution in [0.25, 0.3) is 11.0 Å². The molecule has 1 aromatic heterocycles. The van der Waals surface area contributed by atoms with Crippen molar-refractivity contribution in [2.45, 2.75) is 90.1 Å². The number of fused-ring (bicyclic) bond motifs is 3. The van der Waals surface area contributed by atoms with Crippen LogP contribution < -0.4 is 10.8 Å². The van der Waals surface area contributed by atoms with Crippen LogP contribution in [0.4, 0.5) is 4.79 Å². The third kappa shape index (κ3) is 4.08. The number of alkyl carbamates (subject to hydrolysis) is 1. The van der Waals surface area contributed by atoms with E-state index in [2.05, 4.69) is 10.3 Å². The molecule has 1 saturated carbocycles. The van der Waals surface area contributed by atoms with Crippen LogP contribution in [0.15, 0.2) is 18.2 Å². The molecule has 10 heteroatoms. The smallest absolute Gasteiger partial charge is 0.453 e. The van der Waals surface area contributed by atoms with Crippen molar-refractivity contribution >= 4 is 35.6 Å². The zero-order valence-corrected chi connectivity index (χ0v) is 22.3. The van der Waals surface area contributed by atoms with Gasteiger partial charge in [0.1, 0.15) is 11.9 Å². The van der Waals surface area contributed by atoms with E-state index in [4.69, 9.17) is 19.0 Å². The van der Waals surface area contributed by atoms with Crippen LogP contribution in [0.3, 0.4) is 0 Å². The molecular weight excluding hydrogens is 459 g/mol. The largest absolute Gasteiger partial charge is 0.494 e. The molecule has 4 atom stereocenters. The highest BCUT2D eigenvalue weighted by atomic mass is 16.7. The maximum absolute atomic E-state index is 13.8. The predicted octanol–water partition coefficient (Wildman–Crippen LogP) is 3.29. The van der Waals surface area contributed by atoms with E-state index in [9.17, 15) is 9.59 Å². The number of likely N-dealkylation sites (tertiary alicyclic amines) is 1. The third-order valence-electron chi connectivity index (χ3n) is 8.56. The summed E-state index contributed by atoms with van der Waals surface area (Å²) in [6, 6.07) is 5.35. The second-order valence-corrected chi connectivity index (χ2v) is 11.8. The molecular formula is C26H37BN4O5. The minimum absolute atomic E-state index is 0.0745. The molecule has 194 valence electrons. The van der Waals surface area contributed by atoms with Gasteiger partial charge in [-0.05, 0) is 76.4 Å². The van der Waals surface area contributed by atoms with E-state index in [1.165, 1.54) is 7.11 Å². The lowest BCUT2D eigenvalue weighted by Gasteiger charge is -2.37. The van der Waals surface area contributed by atoms with Crippen molar-refractivity contribution in [1.29, 1.82) is 0 Å². The Labute approximate surface area is 212 Å². The van der Waals surface area contributed by atoms with E-state index < -0.39 is 30.5 Å². The highest BCUT2D eigenvalue weighted by molar-refractivity contribution is 6.62. The molecule has 2 aromatic rings. The Kier molecular flexibility index (Phi) is 6.11. The Morgan fingerprint density at radius 3 is 2.53 bits per heavy atom. The Morgan fingerprint density at radius 2 is 1.89 bits per heavy atom. The van der Waals surface area contributed by atoms with Crippen molar-refractivity contribution in [3.05, 3.63) is 24.0 Å². The minimum atomic E-state index is -0.654. The van der Waals surface area contributed by atoms with E-state index in [0.717, 1.165) is 41.6 Å². The fourth-order valence-electron chi connectivity index (χ4n) is 5.83. The molecule has 2 bridgehead atoms. The summed E-state index contributed by atoms with van der Waals surface area (Å²) < 4.78 is 17.2. The number of imidazole rings is 1. The van der Waals surface area contributed by atoms with E-state index in [1.54, 1.807) is 0 Å². The lowest BCUT2D eigenvalue weighted by atomic mass is 9.79. The zero-order valence-electron chi connectivity index (χ0n) is 22.3. The Balaban J connectivity index is 1.44. The van der Waals surface area contributed by atoms with E-state index in [1.807, 2.05) is 64.6 Å². The van der Waals surface area contributed by atoms with Gasteiger partial charge in [-0.15, -0.1) is 0 Å². The summed E-state index contributed by atoms with van der Waals surface area (Å²) in [5.41, 5.74) is 1.83. The standard InChI is InChI=1S/C26H37BN4O5/c1-14(2)20(30-24(33)34-7)23(32)31-17-10-8-15(12-17)21(31)22-28-18-11-9-16(13-19(18)29-22)27-35-25(3,4)26(5,6)36-27/h9,11,13-15,17,20-21H,8,10,12H2,1-7H3,(H,28,29)(H,30,33)/t15-,17+,20?,21-/m1/s1. The summed E-state index contributed by atoms with van der Waals surface area (Å²) in [7, 11) is 0.854. The summed E-state index contributed by atoms with van der Waals surface area (Å²) in [6.07, 6.45) is 2.39. The lowest BCUT2D eigenvalue weighted by Crippen LogP contribution is -2.54. The molecule has 9 nitrogen and oxygen atoms in total. The van der Waals surface area contributed by atoms with Gasteiger partial charge in [0.05, 0.1) is 35.4 Å². The fourth-order valence-corrected chi connectivity index (χ4v) is 5.83. The molecule has 3 heterocycles. The number of hydrogen-bond donors (Lipinski definition) is 2. The molecule has 2 N–H and O–H groups in total. The molecule has 1 unspecified atom stereocenters. The number of ether oxygens (including phenoxy) is 1. The van der Waals surface area contributed by atoms with Crippen LogP contribution in [0.5, 0.6) is 0 Å². The Bertz CT molecular complexity index is 1160. The van der Waals surface area contributed by atoms with Crippen molar-refractivity contribution in [3.63, 3.8) is 0 Å². The summed E-state index contributed by atoms with van der Waals surface area (Å²) in [5, 5.41) is 2.74. The lowest BCUT2D eigenvalue weighted by molar-refractivity contribution is -0.139. The maximum Gasteiger partial charge on any atom is 0.494 e. The zero-order chi connectivity index (χ0) is 26.0. The monoisotopic (exact) mass is 496 g/mol. The normalized spacial score (nSPS) is 27.2. The van der Waals surface area contributed by atoms with Crippen molar-refractivity contribution in [3.8, 4) is 0 Å². The van der Waals surface area contributed by atoms with Gasteiger partial charge >= 0.3 is 13.2 Å². The second kappa shape index (κ2) is 8.76. The van der Waals surface area contributed by atoms with Gasteiger partial charge in [-0.1, -0.05) is 19.9 Å². The van der Waals surface area contributed by atoms with Crippen LogP contribution in [-0.2, 0) is 18.8 Å². The topological polar surface area (TPSA) is 106 Å². The number of nitrogens with one attached hydrogen (secondary N) is 2. The van der Waals surface area contributed by atoms with Gasteiger partial charge in [0.2, 0.25) is 5.91 Å². The van der Waals surface area contributed by atoms with Gasteiger partial charge in [0, 0.05) is 6.04 Å². The number of carbonyl (C=O) groups is 2. The maximum atomic E-state index is 13.8. The van der Waals surface area contributed by atoms with Crippen molar-refractivity contribution < 1.29 is 23.6 Å². The van der Waals surface area contributed by atoms with Crippen LogP contribution in [0.1, 0.15) is 72.7 Å². The summed E-state index contributed by atoms with van der Waals surface area (Å²) in [5.74, 6) is 0.977. The van der Waals surface area contributed by atoms with Gasteiger partial charge in [-0.2, -0.15) is 0 Å². The first kappa shape index (κ1) is 25.1. The molecule has 3 fully saturated rings. The number of carbonyl (C=O) groups excluding carboxylic acids is 2. The number of piperidine rings is 1. The molecule has 5 rings (SSSR count). The summed E-state index contributed by atoms with van der Waals surface area (Å²) in [6.45, 7) is 12.0. The van der Waals surface area contributed by atoms with Crippen molar-refractivity contribution in [1.82, 2.24) is 20.2 Å². The van der Waals surface area contributed by atoms with Crippen molar-refractivity contribution in [2.75, 3.05) is 7.11 Å². The predicted molar refractivity (Wildman–Crippen MR) is 137 cm³/mol. The SMILES string of the molecule is COC(=O)NC(C(=O)N1[C@H]2CC[C@H](C2)[C@@H]1c1nc2ccc(B3OC(C)(C)C(C)(C)O3)cc2[nH]1)C(C)C. The van der Waals surface area contributed by atoms with Gasteiger partial charge < -0.3 is 29.2 Å². The molecule has 1 aromatic carbocycles. The molecule has 0 radical (unpaired) electrons. The van der Waals surface area contributed by atoms with Crippen molar-refractivity contribution in [2.24, 2.45) is 11.8 Å². The Hall–Kier alpha value is -2.59. The Morgan fingerprint density at radius 1 is 1.19 bits per heavy atom. The molecule has 1 aliphatic carbocycles. The van der Waals surface area contributed by atoms with E-state index in [0.29, 0.717) is 5.92 Å². The quantitative estimate of drug-likeness (QED) is 0.616. The van der Waals surface area contributed by atoms with Gasteiger partial charge in [-0.3, -0.25) is 4.79 Å². The number of methoxy groups -OCH3 is 1. The second-order valence-electron chi connectivity index (χ2n) is 11.8. The molecule has 2 amide bonds. The first-order chi connectivity index (χ1) is 16.9. The average Bonchev–Trinajstić information content (AvgIpc) is 3.57. The molecule has 2 saturated heterocycles. The molecule has 2 aliphatic heterocycles. The number of aromatic nitrogens is 2. The highest BCUT2D eigenvalue weighted by Gasteiger charge is 2.53. The van der Waals surface area contributed by atoms with Crippen LogP contribution >= 0.6 is 0 Å². The number of hydrogen-bond acceptors (Lipinski definition) is 6. The van der Waals surface area contributed by atoms with E-state index in [-0.39, 0.29) is 23.9 Å². The number of H-pyrrole nitrogens is 1. The average molecular weight is 496 g/mol. The van der Waals surface area contributed by atoms with Gasteiger partial charge in [0.25, 0.3) is 0 Å². The third-order valence-corrected chi connectivity index (χ3v) is 8.56. The minimum Gasteiger partial charge on any atom is -0.453 e. The van der Waals surface area contributed by atoms with Gasteiger partial charge in [-0.25, -0.2) is 9.78 Å². The first-order valence-corrected chi connectivity index (χ1v) is 12.9. The van der Waals surface area contributed by atoms with Gasteiger partial charge in [0.15, 0.2) is 0 Å². The molecule has 3 aliphatic rings. The van der Waals surface area contributed by atoms with Crippen LogP contribution in [0.2, 0.25) is 0 Å². The number of amides is 2. The number of benzene rings is 1. The van der Waals surface area contributed by atoms with E-state index >= 15 is 0 Å². The fraction of sp³-hybridized carbons (Fsp3) is 0.654. The highest BCUT2D eigenvalue weighted by Crippen LogP contribution is 2.50. The molecule has 36 heavy (non-hydrogen) atoms. The first-order valence-electron chi connectivity index (χ1n) is 12.9. The van der Waals surface area contributed by atoms with Crippen LogP contribution in [-0.4, -0.2) is 64.4 Å². The number of aromatic amines is 1. The molecule has 0 spiro atoms. The number of rotatable bonds is 5. The van der Waals surface area contributed by atoms with Crippen LogP contribution in [0, 0.1) is 11.8 Å². The summed E-state index contributed by atoms with van der Waals surface area (Å²) >= 11 is 0. The number of nitrogens with zero attached hydrogens (tertiary/aromatic N) is 2.